The number of carbonyl (C=O) groups is 4. The quantitative estimate of drug-likeness (QED) is 0.554. The molecule has 180 valence electrons. The number of rotatable bonds is 6. The molecule has 0 spiro atoms. The van der Waals surface area contributed by atoms with Gasteiger partial charge in [-0.1, -0.05) is 48.8 Å². The van der Waals surface area contributed by atoms with Crippen LogP contribution in [0.3, 0.4) is 0 Å². The Labute approximate surface area is 207 Å². The van der Waals surface area contributed by atoms with Crippen LogP contribution in [0.15, 0.2) is 46.9 Å². The van der Waals surface area contributed by atoms with Crippen LogP contribution < -0.4 is 10.7 Å². The van der Waals surface area contributed by atoms with Crippen molar-refractivity contribution in [1.82, 2.24) is 10.4 Å². The summed E-state index contributed by atoms with van der Waals surface area (Å²) >= 11 is 3.39. The number of amides is 3. The summed E-state index contributed by atoms with van der Waals surface area (Å²) in [6.07, 6.45) is -0.102. The molecule has 3 rings (SSSR count). The maximum atomic E-state index is 12.5. The zero-order valence-electron chi connectivity index (χ0n) is 19.6. The first-order chi connectivity index (χ1) is 15.9. The number of hydrogen-bond acceptors (Lipinski definition) is 5. The second-order valence-corrected chi connectivity index (χ2v) is 10.1. The lowest BCUT2D eigenvalue weighted by molar-refractivity contribution is -0.151. The normalized spacial score (nSPS) is 15.7. The molecule has 1 saturated heterocycles. The van der Waals surface area contributed by atoms with E-state index in [1.165, 1.54) is 0 Å². The molecule has 9 heteroatoms. The van der Waals surface area contributed by atoms with Gasteiger partial charge >= 0.3 is 5.97 Å². The van der Waals surface area contributed by atoms with Crippen LogP contribution in [0.2, 0.25) is 0 Å². The SMILES string of the molecule is Cc1cc(NC(=O)COC(=O)[C@@H]2CC(=O)N(NC(=O)c3ccc(C(C)(C)C)cc3)C2)ccc1Br. The molecule has 1 aliphatic heterocycles. The van der Waals surface area contributed by atoms with E-state index in [9.17, 15) is 19.2 Å². The Morgan fingerprint density at radius 2 is 1.79 bits per heavy atom. The second kappa shape index (κ2) is 10.4. The number of benzene rings is 2. The molecule has 2 N–H and O–H groups in total. The van der Waals surface area contributed by atoms with Crippen molar-refractivity contribution in [3.8, 4) is 0 Å². The van der Waals surface area contributed by atoms with Gasteiger partial charge in [0, 0.05) is 22.1 Å². The summed E-state index contributed by atoms with van der Waals surface area (Å²) < 4.78 is 6.01. The molecular weight excluding hydrogens is 502 g/mol. The lowest BCUT2D eigenvalue weighted by Gasteiger charge is -2.20. The number of nitrogens with one attached hydrogen (secondary N) is 2. The molecule has 0 radical (unpaired) electrons. The fourth-order valence-electron chi connectivity index (χ4n) is 3.46. The van der Waals surface area contributed by atoms with Crippen molar-refractivity contribution >= 4 is 45.3 Å². The number of anilines is 1. The molecular formula is C25H28BrN3O5. The van der Waals surface area contributed by atoms with E-state index in [1.807, 2.05) is 25.1 Å². The van der Waals surface area contributed by atoms with Crippen LogP contribution in [-0.2, 0) is 24.5 Å². The molecule has 0 aromatic heterocycles. The maximum absolute atomic E-state index is 12.5. The molecule has 0 bridgehead atoms. The van der Waals surface area contributed by atoms with Gasteiger partial charge in [0.1, 0.15) is 0 Å². The van der Waals surface area contributed by atoms with E-state index in [1.54, 1.807) is 24.3 Å². The number of halogens is 1. The van der Waals surface area contributed by atoms with E-state index in [-0.39, 0.29) is 18.4 Å². The Kier molecular flexibility index (Phi) is 7.76. The molecule has 3 amide bonds. The Morgan fingerprint density at radius 3 is 2.41 bits per heavy atom. The fraction of sp³-hybridized carbons (Fsp3) is 0.360. The molecule has 1 heterocycles. The minimum Gasteiger partial charge on any atom is -0.455 e. The number of hydrogen-bond donors (Lipinski definition) is 2. The van der Waals surface area contributed by atoms with Gasteiger partial charge in [-0.25, -0.2) is 0 Å². The minimum atomic E-state index is -0.765. The van der Waals surface area contributed by atoms with Gasteiger partial charge in [-0.05, 0) is 53.8 Å². The van der Waals surface area contributed by atoms with Crippen LogP contribution in [0.4, 0.5) is 5.69 Å². The van der Waals surface area contributed by atoms with Gasteiger partial charge in [-0.3, -0.25) is 29.6 Å². The number of esters is 1. The lowest BCUT2D eigenvalue weighted by atomic mass is 9.87. The smallest absolute Gasteiger partial charge is 0.311 e. The molecule has 2 aromatic rings. The predicted octanol–water partition coefficient (Wildman–Crippen LogP) is 3.73. The number of ether oxygens (including phenoxy) is 1. The Bertz CT molecular complexity index is 1110. The highest BCUT2D eigenvalue weighted by atomic mass is 79.9. The van der Waals surface area contributed by atoms with Crippen LogP contribution in [0.5, 0.6) is 0 Å². The van der Waals surface area contributed by atoms with Crippen molar-refractivity contribution in [2.24, 2.45) is 5.92 Å². The van der Waals surface area contributed by atoms with Gasteiger partial charge in [0.2, 0.25) is 5.91 Å². The van der Waals surface area contributed by atoms with Gasteiger partial charge in [0.15, 0.2) is 6.61 Å². The zero-order chi connectivity index (χ0) is 25.0. The first kappa shape index (κ1) is 25.4. The van der Waals surface area contributed by atoms with Crippen LogP contribution >= 0.6 is 15.9 Å². The fourth-order valence-corrected chi connectivity index (χ4v) is 3.70. The van der Waals surface area contributed by atoms with Crippen molar-refractivity contribution in [2.75, 3.05) is 18.5 Å². The monoisotopic (exact) mass is 529 g/mol. The van der Waals surface area contributed by atoms with E-state index in [0.29, 0.717) is 11.3 Å². The standard InChI is InChI=1S/C25H28BrN3O5/c1-15-11-19(9-10-20(15)26)27-21(30)14-34-24(33)17-12-22(31)29(13-17)28-23(32)16-5-7-18(8-6-16)25(2,3)4/h5-11,17H,12-14H2,1-4H3,(H,27,30)(H,28,32)/t17-/m1/s1. The van der Waals surface area contributed by atoms with Gasteiger partial charge < -0.3 is 10.1 Å². The first-order valence-corrected chi connectivity index (χ1v) is 11.7. The third-order valence-corrected chi connectivity index (χ3v) is 6.38. The van der Waals surface area contributed by atoms with Gasteiger partial charge in [0.25, 0.3) is 11.8 Å². The van der Waals surface area contributed by atoms with E-state index >= 15 is 0 Å². The molecule has 1 atom stereocenters. The Balaban J connectivity index is 1.49. The average Bonchev–Trinajstić information content (AvgIpc) is 3.14. The molecule has 34 heavy (non-hydrogen) atoms. The summed E-state index contributed by atoms with van der Waals surface area (Å²) in [6.45, 7) is 7.64. The van der Waals surface area contributed by atoms with Crippen molar-refractivity contribution in [2.45, 2.75) is 39.5 Å². The topological polar surface area (TPSA) is 105 Å². The Hall–Kier alpha value is -3.20. The molecule has 0 saturated carbocycles. The first-order valence-electron chi connectivity index (χ1n) is 10.9. The number of carbonyl (C=O) groups excluding carboxylic acids is 4. The summed E-state index contributed by atoms with van der Waals surface area (Å²) in [5.74, 6) is -2.74. The number of nitrogens with zero attached hydrogens (tertiary/aromatic N) is 1. The van der Waals surface area contributed by atoms with E-state index in [2.05, 4.69) is 47.4 Å². The molecule has 0 aliphatic carbocycles. The van der Waals surface area contributed by atoms with Crippen LogP contribution in [0.1, 0.15) is 48.7 Å². The highest BCUT2D eigenvalue weighted by Crippen LogP contribution is 2.23. The summed E-state index contributed by atoms with van der Waals surface area (Å²) in [5, 5.41) is 3.78. The van der Waals surface area contributed by atoms with Crippen LogP contribution in [0, 0.1) is 12.8 Å². The summed E-state index contributed by atoms with van der Waals surface area (Å²) in [6, 6.07) is 12.5. The average molecular weight is 530 g/mol. The van der Waals surface area contributed by atoms with Crippen LogP contribution in [0.25, 0.3) is 0 Å². The third-order valence-electron chi connectivity index (χ3n) is 5.50. The highest BCUT2D eigenvalue weighted by Gasteiger charge is 2.36. The van der Waals surface area contributed by atoms with Crippen molar-refractivity contribution < 1.29 is 23.9 Å². The molecule has 0 unspecified atom stereocenters. The van der Waals surface area contributed by atoms with Gasteiger partial charge in [-0.2, -0.15) is 0 Å². The highest BCUT2D eigenvalue weighted by molar-refractivity contribution is 9.10. The second-order valence-electron chi connectivity index (χ2n) is 9.29. The van der Waals surface area contributed by atoms with Gasteiger partial charge in [-0.15, -0.1) is 0 Å². The minimum absolute atomic E-state index is 0.0169. The van der Waals surface area contributed by atoms with E-state index in [0.717, 1.165) is 20.6 Å². The number of aryl methyl sites for hydroxylation is 1. The molecule has 1 fully saturated rings. The van der Waals surface area contributed by atoms with Crippen LogP contribution in [-0.4, -0.2) is 41.9 Å². The molecule has 2 aromatic carbocycles. The van der Waals surface area contributed by atoms with E-state index in [4.69, 9.17) is 4.74 Å². The van der Waals surface area contributed by atoms with Gasteiger partial charge in [0.05, 0.1) is 12.5 Å². The molecule has 8 nitrogen and oxygen atoms in total. The zero-order valence-corrected chi connectivity index (χ0v) is 21.2. The predicted molar refractivity (Wildman–Crippen MR) is 131 cm³/mol. The summed E-state index contributed by atoms with van der Waals surface area (Å²) in [4.78, 5) is 49.3. The third kappa shape index (κ3) is 6.44. The summed E-state index contributed by atoms with van der Waals surface area (Å²) in [5.41, 5.74) is 5.54. The number of hydrazine groups is 1. The lowest BCUT2D eigenvalue weighted by Crippen LogP contribution is -2.43. The van der Waals surface area contributed by atoms with Crippen molar-refractivity contribution in [3.05, 3.63) is 63.6 Å². The van der Waals surface area contributed by atoms with E-state index < -0.39 is 36.2 Å². The van der Waals surface area contributed by atoms with Crippen molar-refractivity contribution in [1.29, 1.82) is 0 Å². The summed E-state index contributed by atoms with van der Waals surface area (Å²) in [7, 11) is 0. The molecule has 1 aliphatic rings. The van der Waals surface area contributed by atoms with Crippen molar-refractivity contribution in [3.63, 3.8) is 0 Å². The maximum Gasteiger partial charge on any atom is 0.311 e. The largest absolute Gasteiger partial charge is 0.455 e. The Morgan fingerprint density at radius 1 is 1.12 bits per heavy atom.